The Hall–Kier alpha value is -1.72. The lowest BCUT2D eigenvalue weighted by Crippen LogP contribution is -2.07. The molecule has 1 aromatic carbocycles. The van der Waals surface area contributed by atoms with Gasteiger partial charge in [-0.3, -0.25) is 0 Å². The first-order chi connectivity index (χ1) is 8.76. The van der Waals surface area contributed by atoms with E-state index in [1.807, 2.05) is 30.3 Å². The molecule has 1 heterocycles. The second kappa shape index (κ2) is 5.75. The summed E-state index contributed by atoms with van der Waals surface area (Å²) in [5.41, 5.74) is 1.14. The van der Waals surface area contributed by atoms with Crippen molar-refractivity contribution in [3.8, 4) is 10.6 Å². The lowest BCUT2D eigenvalue weighted by Gasteiger charge is -1.99. The fraction of sp³-hybridized carbons (Fsp3) is 0.231. The summed E-state index contributed by atoms with van der Waals surface area (Å²) in [6, 6.07) is 9.54. The summed E-state index contributed by atoms with van der Waals surface area (Å²) < 4.78 is 4.91. The van der Waals surface area contributed by atoms with Crippen LogP contribution in [-0.2, 0) is 11.3 Å². The fourth-order valence-corrected chi connectivity index (χ4v) is 2.44. The van der Waals surface area contributed by atoms with E-state index in [4.69, 9.17) is 4.74 Å². The van der Waals surface area contributed by atoms with Gasteiger partial charge >= 0.3 is 5.97 Å². The summed E-state index contributed by atoms with van der Waals surface area (Å²) in [4.78, 5) is 16.5. The van der Waals surface area contributed by atoms with Gasteiger partial charge in [0, 0.05) is 5.56 Å². The molecule has 0 atom stereocenters. The maximum atomic E-state index is 11.7. The van der Waals surface area contributed by atoms with Crippen molar-refractivity contribution in [2.45, 2.75) is 13.5 Å². The van der Waals surface area contributed by atoms with Gasteiger partial charge in [0.15, 0.2) is 5.69 Å². The van der Waals surface area contributed by atoms with Crippen LogP contribution in [0.25, 0.3) is 10.6 Å². The molecule has 5 heteroatoms. The fourth-order valence-electron chi connectivity index (χ4n) is 1.52. The third-order valence-corrected chi connectivity index (χ3v) is 3.42. The summed E-state index contributed by atoms with van der Waals surface area (Å²) in [6.07, 6.45) is 0. The van der Waals surface area contributed by atoms with Crippen molar-refractivity contribution in [1.29, 1.82) is 0 Å². The molecular formula is C13H13NO3S. The minimum Gasteiger partial charge on any atom is -0.461 e. The summed E-state index contributed by atoms with van der Waals surface area (Å²) in [5, 5.41) is 9.97. The average molecular weight is 263 g/mol. The molecule has 1 aromatic heterocycles. The van der Waals surface area contributed by atoms with Gasteiger partial charge in [0.1, 0.15) is 5.01 Å². The van der Waals surface area contributed by atoms with Gasteiger partial charge in [0.2, 0.25) is 0 Å². The van der Waals surface area contributed by atoms with Gasteiger partial charge < -0.3 is 9.84 Å². The molecule has 0 aliphatic heterocycles. The maximum Gasteiger partial charge on any atom is 0.358 e. The highest BCUT2D eigenvalue weighted by Crippen LogP contribution is 2.28. The Morgan fingerprint density at radius 3 is 2.72 bits per heavy atom. The predicted octanol–water partition coefficient (Wildman–Crippen LogP) is 2.48. The number of aliphatic hydroxyl groups excluding tert-OH is 1. The Bertz CT molecular complexity index is 536. The highest BCUT2D eigenvalue weighted by molar-refractivity contribution is 7.15. The normalized spacial score (nSPS) is 10.3. The van der Waals surface area contributed by atoms with Crippen LogP contribution in [0.5, 0.6) is 0 Å². The van der Waals surface area contributed by atoms with Crippen LogP contribution >= 0.6 is 11.3 Å². The summed E-state index contributed by atoms with van der Waals surface area (Å²) in [7, 11) is 0. The number of esters is 1. The van der Waals surface area contributed by atoms with Crippen LogP contribution in [0.3, 0.4) is 0 Å². The number of carbonyl (C=O) groups is 1. The Kier molecular flexibility index (Phi) is 4.07. The molecule has 0 unspecified atom stereocenters. The first-order valence-corrected chi connectivity index (χ1v) is 6.41. The molecule has 0 aliphatic carbocycles. The highest BCUT2D eigenvalue weighted by Gasteiger charge is 2.19. The van der Waals surface area contributed by atoms with E-state index in [0.29, 0.717) is 16.5 Å². The molecular weight excluding hydrogens is 250 g/mol. The smallest absolute Gasteiger partial charge is 0.358 e. The molecule has 0 radical (unpaired) electrons. The van der Waals surface area contributed by atoms with Crippen molar-refractivity contribution in [3.63, 3.8) is 0 Å². The van der Waals surface area contributed by atoms with E-state index in [9.17, 15) is 9.90 Å². The van der Waals surface area contributed by atoms with E-state index in [1.54, 1.807) is 6.92 Å². The molecule has 0 aliphatic rings. The minimum atomic E-state index is -0.486. The molecule has 2 aromatic rings. The molecule has 1 N–H and O–H groups in total. The zero-order valence-electron chi connectivity index (χ0n) is 9.92. The second-order valence-corrected chi connectivity index (χ2v) is 4.62. The van der Waals surface area contributed by atoms with Crippen molar-refractivity contribution in [2.75, 3.05) is 6.61 Å². The maximum absolute atomic E-state index is 11.7. The van der Waals surface area contributed by atoms with Crippen LogP contribution in [0.1, 0.15) is 22.3 Å². The van der Waals surface area contributed by atoms with Gasteiger partial charge in [-0.1, -0.05) is 30.3 Å². The standard InChI is InChI=1S/C13H13NO3S/c1-2-17-13(16)11-10(8-15)18-12(14-11)9-6-4-3-5-7-9/h3-7,15H,2,8H2,1H3. The molecule has 0 fully saturated rings. The lowest BCUT2D eigenvalue weighted by atomic mass is 10.2. The van der Waals surface area contributed by atoms with Crippen LogP contribution in [0.2, 0.25) is 0 Å². The van der Waals surface area contributed by atoms with Crippen molar-refractivity contribution in [1.82, 2.24) is 4.98 Å². The Labute approximate surface area is 109 Å². The Morgan fingerprint density at radius 1 is 1.39 bits per heavy atom. The SMILES string of the molecule is CCOC(=O)c1nc(-c2ccccc2)sc1CO. The number of hydrogen-bond donors (Lipinski definition) is 1. The molecule has 0 bridgehead atoms. The van der Waals surface area contributed by atoms with Crippen LogP contribution in [-0.4, -0.2) is 22.7 Å². The number of hydrogen-bond acceptors (Lipinski definition) is 5. The van der Waals surface area contributed by atoms with E-state index < -0.39 is 5.97 Å². The molecule has 0 spiro atoms. The number of aromatic nitrogens is 1. The van der Waals surface area contributed by atoms with E-state index >= 15 is 0 Å². The molecule has 4 nitrogen and oxygen atoms in total. The number of rotatable bonds is 4. The van der Waals surface area contributed by atoms with E-state index in [0.717, 1.165) is 5.56 Å². The number of benzene rings is 1. The third-order valence-electron chi connectivity index (χ3n) is 2.33. The van der Waals surface area contributed by atoms with Gasteiger partial charge in [-0.05, 0) is 6.92 Å². The quantitative estimate of drug-likeness (QED) is 0.861. The van der Waals surface area contributed by atoms with Crippen LogP contribution in [0.4, 0.5) is 0 Å². The molecule has 0 saturated carbocycles. The highest BCUT2D eigenvalue weighted by atomic mass is 32.1. The van der Waals surface area contributed by atoms with Gasteiger partial charge in [-0.2, -0.15) is 0 Å². The number of ether oxygens (including phenoxy) is 1. The molecule has 0 saturated heterocycles. The molecule has 94 valence electrons. The Morgan fingerprint density at radius 2 is 2.11 bits per heavy atom. The number of aliphatic hydroxyl groups is 1. The topological polar surface area (TPSA) is 59.4 Å². The zero-order valence-corrected chi connectivity index (χ0v) is 10.7. The molecule has 2 rings (SSSR count). The summed E-state index contributed by atoms with van der Waals surface area (Å²) >= 11 is 1.30. The van der Waals surface area contributed by atoms with E-state index in [1.165, 1.54) is 11.3 Å². The largest absolute Gasteiger partial charge is 0.461 e. The van der Waals surface area contributed by atoms with E-state index in [2.05, 4.69) is 4.98 Å². The zero-order chi connectivity index (χ0) is 13.0. The minimum absolute atomic E-state index is 0.210. The lowest BCUT2D eigenvalue weighted by molar-refractivity contribution is 0.0517. The van der Waals surface area contributed by atoms with Crippen LogP contribution in [0, 0.1) is 0 Å². The van der Waals surface area contributed by atoms with Gasteiger partial charge in [0.25, 0.3) is 0 Å². The van der Waals surface area contributed by atoms with Crippen molar-refractivity contribution >= 4 is 17.3 Å². The predicted molar refractivity (Wildman–Crippen MR) is 69.4 cm³/mol. The van der Waals surface area contributed by atoms with Crippen molar-refractivity contribution < 1.29 is 14.6 Å². The van der Waals surface area contributed by atoms with Crippen LogP contribution in [0.15, 0.2) is 30.3 Å². The third kappa shape index (κ3) is 2.57. The molecule has 0 amide bonds. The monoisotopic (exact) mass is 263 g/mol. The number of thiazole rings is 1. The van der Waals surface area contributed by atoms with Crippen molar-refractivity contribution in [2.24, 2.45) is 0 Å². The number of carbonyl (C=O) groups excluding carboxylic acids is 1. The number of nitrogens with zero attached hydrogens (tertiary/aromatic N) is 1. The second-order valence-electron chi connectivity index (χ2n) is 3.54. The van der Waals surface area contributed by atoms with E-state index in [-0.39, 0.29) is 12.3 Å². The summed E-state index contributed by atoms with van der Waals surface area (Å²) in [5.74, 6) is -0.486. The first-order valence-electron chi connectivity index (χ1n) is 5.59. The van der Waals surface area contributed by atoms with Crippen LogP contribution < -0.4 is 0 Å². The van der Waals surface area contributed by atoms with Gasteiger partial charge in [0.05, 0.1) is 18.1 Å². The summed E-state index contributed by atoms with van der Waals surface area (Å²) in [6.45, 7) is 1.82. The van der Waals surface area contributed by atoms with Gasteiger partial charge in [-0.15, -0.1) is 11.3 Å². The van der Waals surface area contributed by atoms with Crippen molar-refractivity contribution in [3.05, 3.63) is 40.9 Å². The first kappa shape index (κ1) is 12.7. The average Bonchev–Trinajstić information content (AvgIpc) is 2.84. The molecule has 18 heavy (non-hydrogen) atoms. The van der Waals surface area contributed by atoms with Gasteiger partial charge in [-0.25, -0.2) is 9.78 Å². The Balaban J connectivity index is 2.38.